The highest BCUT2D eigenvalue weighted by Crippen LogP contribution is 2.37. The maximum Gasteiger partial charge on any atom is 0.312 e. The van der Waals surface area contributed by atoms with E-state index in [1.807, 2.05) is 18.2 Å². The summed E-state index contributed by atoms with van der Waals surface area (Å²) in [5, 5.41) is 58.4. The second-order valence-electron chi connectivity index (χ2n) is 13.3. The molecule has 0 heterocycles. The Kier molecular flexibility index (Phi) is 20.7. The van der Waals surface area contributed by atoms with Gasteiger partial charge in [0.25, 0.3) is 14.7 Å². The van der Waals surface area contributed by atoms with Gasteiger partial charge in [-0.2, -0.15) is 21.0 Å². The van der Waals surface area contributed by atoms with Gasteiger partial charge in [-0.3, -0.25) is 20.2 Å². The fourth-order valence-electron chi connectivity index (χ4n) is 5.24. The van der Waals surface area contributed by atoms with E-state index in [-0.39, 0.29) is 61.0 Å². The van der Waals surface area contributed by atoms with E-state index in [9.17, 15) is 28.6 Å². The van der Waals surface area contributed by atoms with Crippen LogP contribution in [-0.2, 0) is 9.05 Å². The average molecular weight is 1130 g/mol. The first-order chi connectivity index (χ1) is 33.5. The van der Waals surface area contributed by atoms with Gasteiger partial charge in [0.2, 0.25) is 5.75 Å². The molecule has 0 bridgehead atoms. The maximum absolute atomic E-state index is 11.6. The number of nitro benzene ring substituents is 2. The zero-order chi connectivity index (χ0) is 52.6. The largest absolute Gasteiger partial charge is 0.456 e. The predicted octanol–water partition coefficient (Wildman–Crippen LogP) is 15.5. The number of ether oxygens (including phenoxy) is 3. The van der Waals surface area contributed by atoms with Gasteiger partial charge in [-0.25, -0.2) is 8.42 Å². The van der Waals surface area contributed by atoms with Crippen LogP contribution in [0.1, 0.15) is 22.3 Å². The van der Waals surface area contributed by atoms with Crippen LogP contribution in [0.25, 0.3) is 0 Å². The van der Waals surface area contributed by atoms with Crippen LogP contribution in [0.5, 0.6) is 34.5 Å². The fourth-order valence-corrected chi connectivity index (χ4v) is 7.93. The monoisotopic (exact) mass is 1130 g/mol. The van der Waals surface area contributed by atoms with E-state index in [1.54, 1.807) is 42.5 Å². The first-order valence-electron chi connectivity index (χ1n) is 18.7. The van der Waals surface area contributed by atoms with Crippen molar-refractivity contribution in [2.24, 2.45) is 0 Å². The lowest BCUT2D eigenvalue weighted by Gasteiger charge is -2.10. The summed E-state index contributed by atoms with van der Waals surface area (Å²) < 4.78 is 39.6. The Morgan fingerprint density at radius 3 is 1.15 bits per heavy atom. The summed E-state index contributed by atoms with van der Waals surface area (Å²) in [6, 6.07) is 37.7. The van der Waals surface area contributed by atoms with Gasteiger partial charge in [0.15, 0.2) is 0 Å². The number of nitrogen functional groups attached to an aromatic ring is 1. The van der Waals surface area contributed by atoms with Crippen LogP contribution in [0.3, 0.4) is 0 Å². The number of anilines is 1. The molecule has 0 fully saturated rings. The van der Waals surface area contributed by atoms with E-state index >= 15 is 0 Å². The number of nitrogens with zero attached hydrogens (tertiary/aromatic N) is 6. The fraction of sp³-hybridized carbons (Fsp3) is 0. The van der Waals surface area contributed by atoms with Crippen molar-refractivity contribution in [1.29, 1.82) is 21.0 Å². The highest BCUT2D eigenvalue weighted by Gasteiger charge is 2.20. The van der Waals surface area contributed by atoms with Gasteiger partial charge in [-0.15, -0.1) is 0 Å². The molecule has 0 amide bonds. The van der Waals surface area contributed by atoms with Crippen molar-refractivity contribution in [2.45, 2.75) is 4.90 Å². The van der Waals surface area contributed by atoms with Crippen molar-refractivity contribution < 1.29 is 32.5 Å². The molecule has 0 unspecified atom stereocenters. The molecule has 0 aliphatic rings. The SMILES string of the molecule is N#Cc1ccc(Cl)c([N+](=O)[O-])c1.N#Cc1ccc(Oc2cc(Cl)cc(Cl)c2)c(N)c1.N#Cc1ccc(Oc2cc(Cl)cc(Cl)c2)c(S(=O)(=O)Cl)c1.N#Cc1ccc(Oc2cc(Cl)cc(Cl)c2)c([N+](=O)[O-])c1. The summed E-state index contributed by atoms with van der Waals surface area (Å²) in [4.78, 5) is 19.7. The minimum absolute atomic E-state index is 0.00679. The van der Waals surface area contributed by atoms with Crippen molar-refractivity contribution in [1.82, 2.24) is 0 Å². The molecule has 0 spiro atoms. The molecule has 0 radical (unpaired) electrons. The van der Waals surface area contributed by atoms with Gasteiger partial charge >= 0.3 is 5.69 Å². The molecule has 0 atom stereocenters. The maximum atomic E-state index is 11.6. The second-order valence-corrected chi connectivity index (χ2v) is 18.8. The second kappa shape index (κ2) is 26.1. The molecule has 7 aromatic rings. The molecule has 7 rings (SSSR count). The van der Waals surface area contributed by atoms with E-state index in [1.165, 1.54) is 72.8 Å². The van der Waals surface area contributed by atoms with Crippen LogP contribution in [0.2, 0.25) is 35.2 Å². The lowest BCUT2D eigenvalue weighted by molar-refractivity contribution is -0.385. The highest BCUT2D eigenvalue weighted by atomic mass is 35.7. The van der Waals surface area contributed by atoms with E-state index in [2.05, 4.69) is 0 Å². The van der Waals surface area contributed by atoms with Crippen molar-refractivity contribution >= 4 is 118 Å². The number of nitro groups is 2. The third-order valence-electron chi connectivity index (χ3n) is 8.22. The molecule has 0 aliphatic heterocycles. The van der Waals surface area contributed by atoms with E-state index in [0.29, 0.717) is 52.9 Å². The van der Waals surface area contributed by atoms with Crippen LogP contribution < -0.4 is 19.9 Å². The number of hydrogen-bond acceptors (Lipinski definition) is 14. The molecular weight excluding hydrogens is 1110 g/mol. The first kappa shape index (κ1) is 56.4. The van der Waals surface area contributed by atoms with Crippen molar-refractivity contribution in [2.75, 3.05) is 5.73 Å². The normalized spacial score (nSPS) is 10.0. The molecular formula is C46H23Cl8N7O9S. The van der Waals surface area contributed by atoms with E-state index < -0.39 is 18.9 Å². The Balaban J connectivity index is 0.000000209. The summed E-state index contributed by atoms with van der Waals surface area (Å²) in [7, 11) is 1.28. The number of hydrogen-bond donors (Lipinski definition) is 1. The average Bonchev–Trinajstić information content (AvgIpc) is 3.29. The van der Waals surface area contributed by atoms with Gasteiger partial charge < -0.3 is 19.9 Å². The smallest absolute Gasteiger partial charge is 0.312 e. The summed E-state index contributed by atoms with van der Waals surface area (Å²) in [5.41, 5.74) is 6.64. The summed E-state index contributed by atoms with van der Waals surface area (Å²) in [6.07, 6.45) is 0. The predicted molar refractivity (Wildman–Crippen MR) is 270 cm³/mol. The number of nitriles is 4. The van der Waals surface area contributed by atoms with E-state index in [4.69, 9.17) is 133 Å². The molecule has 0 saturated heterocycles. The Hall–Kier alpha value is -7.23. The molecule has 7 aromatic carbocycles. The molecule has 2 N–H and O–H groups in total. The highest BCUT2D eigenvalue weighted by molar-refractivity contribution is 8.13. The summed E-state index contributed by atoms with van der Waals surface area (Å²) in [5.74, 6) is 1.44. The minimum Gasteiger partial charge on any atom is -0.456 e. The Bertz CT molecular complexity index is 3410. The summed E-state index contributed by atoms with van der Waals surface area (Å²) >= 11 is 40.6. The van der Waals surface area contributed by atoms with Gasteiger partial charge in [0, 0.05) is 53.0 Å². The zero-order valence-electron chi connectivity index (χ0n) is 35.0. The Morgan fingerprint density at radius 1 is 0.451 bits per heavy atom. The minimum atomic E-state index is -4.08. The Labute approximate surface area is 442 Å². The van der Waals surface area contributed by atoms with Crippen molar-refractivity contribution in [3.8, 4) is 58.8 Å². The van der Waals surface area contributed by atoms with Gasteiger partial charge in [-0.05, 0) is 115 Å². The van der Waals surface area contributed by atoms with Crippen LogP contribution in [-0.4, -0.2) is 18.3 Å². The lowest BCUT2D eigenvalue weighted by atomic mass is 10.2. The van der Waals surface area contributed by atoms with E-state index in [0.717, 1.165) is 18.2 Å². The number of halogens is 8. The summed E-state index contributed by atoms with van der Waals surface area (Å²) in [6.45, 7) is 0. The third kappa shape index (κ3) is 17.6. The molecule has 358 valence electrons. The lowest BCUT2D eigenvalue weighted by Crippen LogP contribution is -1.97. The van der Waals surface area contributed by atoms with Gasteiger partial charge in [0.05, 0.1) is 62.1 Å². The zero-order valence-corrected chi connectivity index (χ0v) is 41.9. The van der Waals surface area contributed by atoms with Crippen LogP contribution in [0.15, 0.2) is 132 Å². The Morgan fingerprint density at radius 2 is 0.775 bits per heavy atom. The number of rotatable bonds is 9. The molecule has 25 heteroatoms. The van der Waals surface area contributed by atoms with Crippen LogP contribution in [0.4, 0.5) is 17.1 Å². The molecule has 0 saturated carbocycles. The molecule has 0 aliphatic carbocycles. The molecule has 16 nitrogen and oxygen atoms in total. The topological polar surface area (TPSA) is 269 Å². The van der Waals surface area contributed by atoms with Crippen LogP contribution in [0, 0.1) is 65.6 Å². The quantitative estimate of drug-likeness (QED) is 0.0609. The molecule has 71 heavy (non-hydrogen) atoms. The van der Waals surface area contributed by atoms with Crippen molar-refractivity contribution in [3.63, 3.8) is 0 Å². The standard InChI is InChI=1S/C13H6Cl3NO3S.C13H6Cl2N2O3.C13H8Cl2N2O.C7H3ClN2O2/c14-9-4-10(15)6-11(5-9)20-12-2-1-8(7-17)3-13(12)21(16,18)19;14-9-4-10(15)6-11(5-9)20-13-2-1-8(7-16)3-12(13)17(18)19;14-9-4-10(15)6-11(5-9)18-13-2-1-8(7-16)3-12(13)17;8-6-2-1-5(4-9)3-7(6)10(11)12/h1-6H;1-6H;1-6H,17H2;1-3H. The van der Waals surface area contributed by atoms with Crippen LogP contribution >= 0.6 is 91.9 Å². The third-order valence-corrected chi connectivity index (χ3v) is 11.2. The molecule has 0 aromatic heterocycles. The number of nitrogens with two attached hydrogens (primary N) is 1. The number of benzene rings is 7. The first-order valence-corrected chi connectivity index (χ1v) is 23.7. The van der Waals surface area contributed by atoms with Gasteiger partial charge in [0.1, 0.15) is 38.7 Å². The van der Waals surface area contributed by atoms with Crippen molar-refractivity contribution in [3.05, 3.63) is 205 Å². The van der Waals surface area contributed by atoms with Gasteiger partial charge in [-0.1, -0.05) is 81.2 Å².